The summed E-state index contributed by atoms with van der Waals surface area (Å²) in [5.74, 6) is 0.871. The predicted molar refractivity (Wildman–Crippen MR) is 76.2 cm³/mol. The summed E-state index contributed by atoms with van der Waals surface area (Å²) >= 11 is 0. The topological polar surface area (TPSA) is 21.3 Å². The van der Waals surface area contributed by atoms with E-state index >= 15 is 0 Å². The number of rotatable bonds is 4. The van der Waals surface area contributed by atoms with Crippen LogP contribution in [0.15, 0.2) is 48.5 Å². The second-order valence-corrected chi connectivity index (χ2v) is 4.51. The number of benzene rings is 2. The van der Waals surface area contributed by atoms with Crippen LogP contribution in [0.4, 0.5) is 5.69 Å². The van der Waals surface area contributed by atoms with Crippen LogP contribution in [0.3, 0.4) is 0 Å². The Morgan fingerprint density at radius 3 is 2.44 bits per heavy atom. The molecule has 0 amide bonds. The van der Waals surface area contributed by atoms with Crippen molar-refractivity contribution in [2.75, 3.05) is 12.4 Å². The average molecular weight is 241 g/mol. The van der Waals surface area contributed by atoms with E-state index in [2.05, 4.69) is 43.4 Å². The zero-order valence-corrected chi connectivity index (χ0v) is 11.1. The number of hydrogen-bond donors (Lipinski definition) is 1. The van der Waals surface area contributed by atoms with Crippen molar-refractivity contribution in [1.29, 1.82) is 0 Å². The van der Waals surface area contributed by atoms with Crippen molar-refractivity contribution in [2.24, 2.45) is 0 Å². The van der Waals surface area contributed by atoms with Gasteiger partial charge >= 0.3 is 0 Å². The number of methoxy groups -OCH3 is 1. The lowest BCUT2D eigenvalue weighted by atomic mass is 10.1. The Morgan fingerprint density at radius 2 is 1.78 bits per heavy atom. The van der Waals surface area contributed by atoms with Crippen molar-refractivity contribution in [3.05, 3.63) is 59.7 Å². The standard InChI is InChI=1S/C16H19NO/c1-12-7-9-14(10-8-12)13(2)17-15-5-4-6-16(11-15)18-3/h4-11,13,17H,1-3H3. The minimum absolute atomic E-state index is 0.276. The first-order valence-corrected chi connectivity index (χ1v) is 6.16. The Kier molecular flexibility index (Phi) is 3.88. The maximum absolute atomic E-state index is 5.22. The highest BCUT2D eigenvalue weighted by Crippen LogP contribution is 2.22. The molecule has 0 spiro atoms. The van der Waals surface area contributed by atoms with Crippen LogP contribution in [0.1, 0.15) is 24.1 Å². The van der Waals surface area contributed by atoms with Crippen LogP contribution in [-0.2, 0) is 0 Å². The van der Waals surface area contributed by atoms with Crippen LogP contribution < -0.4 is 10.1 Å². The predicted octanol–water partition coefficient (Wildman–Crippen LogP) is 4.18. The highest BCUT2D eigenvalue weighted by atomic mass is 16.5. The second kappa shape index (κ2) is 5.58. The Morgan fingerprint density at radius 1 is 1.06 bits per heavy atom. The SMILES string of the molecule is COc1cccc(NC(C)c2ccc(C)cc2)c1. The highest BCUT2D eigenvalue weighted by molar-refractivity contribution is 5.49. The summed E-state index contributed by atoms with van der Waals surface area (Å²) in [6.07, 6.45) is 0. The lowest BCUT2D eigenvalue weighted by Crippen LogP contribution is -2.06. The van der Waals surface area contributed by atoms with E-state index in [-0.39, 0.29) is 6.04 Å². The molecule has 18 heavy (non-hydrogen) atoms. The Hall–Kier alpha value is -1.96. The Balaban J connectivity index is 2.10. The van der Waals surface area contributed by atoms with Crippen LogP contribution in [0.2, 0.25) is 0 Å². The van der Waals surface area contributed by atoms with Crippen LogP contribution >= 0.6 is 0 Å². The average Bonchev–Trinajstić information content (AvgIpc) is 2.39. The lowest BCUT2D eigenvalue weighted by molar-refractivity contribution is 0.415. The molecule has 1 N–H and O–H groups in total. The van der Waals surface area contributed by atoms with Gasteiger partial charge < -0.3 is 10.1 Å². The summed E-state index contributed by atoms with van der Waals surface area (Å²) < 4.78 is 5.22. The van der Waals surface area contributed by atoms with Crippen molar-refractivity contribution in [1.82, 2.24) is 0 Å². The summed E-state index contributed by atoms with van der Waals surface area (Å²) in [5.41, 5.74) is 3.64. The number of ether oxygens (including phenoxy) is 1. The Labute approximate surface area is 109 Å². The monoisotopic (exact) mass is 241 g/mol. The first-order chi connectivity index (χ1) is 8.69. The van der Waals surface area contributed by atoms with Crippen LogP contribution in [0.5, 0.6) is 5.75 Å². The fraction of sp³-hybridized carbons (Fsp3) is 0.250. The second-order valence-electron chi connectivity index (χ2n) is 4.51. The van der Waals surface area contributed by atoms with Crippen LogP contribution in [0, 0.1) is 6.92 Å². The normalized spacial score (nSPS) is 11.9. The van der Waals surface area contributed by atoms with Gasteiger partial charge in [0.25, 0.3) is 0 Å². The fourth-order valence-electron chi connectivity index (χ4n) is 1.90. The third-order valence-corrected chi connectivity index (χ3v) is 3.03. The molecule has 2 aromatic carbocycles. The van der Waals surface area contributed by atoms with E-state index in [0.717, 1.165) is 11.4 Å². The van der Waals surface area contributed by atoms with E-state index in [4.69, 9.17) is 4.74 Å². The largest absolute Gasteiger partial charge is 0.497 e. The molecule has 0 aromatic heterocycles. The molecule has 0 aliphatic rings. The zero-order valence-electron chi connectivity index (χ0n) is 11.1. The van der Waals surface area contributed by atoms with E-state index in [9.17, 15) is 0 Å². The first-order valence-electron chi connectivity index (χ1n) is 6.16. The lowest BCUT2D eigenvalue weighted by Gasteiger charge is -2.16. The summed E-state index contributed by atoms with van der Waals surface area (Å²) in [6.45, 7) is 4.26. The van der Waals surface area contributed by atoms with E-state index < -0.39 is 0 Å². The van der Waals surface area contributed by atoms with Crippen molar-refractivity contribution >= 4 is 5.69 Å². The van der Waals surface area contributed by atoms with Crippen molar-refractivity contribution in [3.63, 3.8) is 0 Å². The van der Waals surface area contributed by atoms with Gasteiger partial charge in [0, 0.05) is 17.8 Å². The van der Waals surface area contributed by atoms with Gasteiger partial charge in [-0.15, -0.1) is 0 Å². The number of hydrogen-bond acceptors (Lipinski definition) is 2. The molecule has 0 fully saturated rings. The first kappa shape index (κ1) is 12.5. The number of nitrogens with one attached hydrogen (secondary N) is 1. The molecule has 2 aromatic rings. The van der Waals surface area contributed by atoms with Gasteiger partial charge in [0.15, 0.2) is 0 Å². The van der Waals surface area contributed by atoms with Gasteiger partial charge in [-0.3, -0.25) is 0 Å². The molecule has 0 bridgehead atoms. The van der Waals surface area contributed by atoms with Crippen molar-refractivity contribution < 1.29 is 4.74 Å². The minimum Gasteiger partial charge on any atom is -0.497 e. The Bertz CT molecular complexity index is 505. The molecule has 0 aliphatic heterocycles. The van der Waals surface area contributed by atoms with Gasteiger partial charge in [-0.1, -0.05) is 35.9 Å². The fourth-order valence-corrected chi connectivity index (χ4v) is 1.90. The van der Waals surface area contributed by atoms with Gasteiger partial charge in [0.2, 0.25) is 0 Å². The molecule has 1 atom stereocenters. The molecule has 0 heterocycles. The molecule has 94 valence electrons. The summed E-state index contributed by atoms with van der Waals surface area (Å²) in [6, 6.07) is 16.9. The third kappa shape index (κ3) is 3.04. The van der Waals surface area contributed by atoms with Crippen molar-refractivity contribution in [2.45, 2.75) is 19.9 Å². The quantitative estimate of drug-likeness (QED) is 0.867. The van der Waals surface area contributed by atoms with Gasteiger partial charge in [-0.25, -0.2) is 0 Å². The molecular formula is C16H19NO. The molecule has 0 saturated heterocycles. The molecule has 2 nitrogen and oxygen atoms in total. The van der Waals surface area contributed by atoms with Crippen LogP contribution in [0.25, 0.3) is 0 Å². The highest BCUT2D eigenvalue weighted by Gasteiger charge is 2.05. The molecule has 2 heteroatoms. The van der Waals surface area contributed by atoms with E-state index in [0.29, 0.717) is 0 Å². The molecule has 1 unspecified atom stereocenters. The van der Waals surface area contributed by atoms with Crippen molar-refractivity contribution in [3.8, 4) is 5.75 Å². The number of aryl methyl sites for hydroxylation is 1. The van der Waals surface area contributed by atoms with E-state index in [1.807, 2.05) is 24.3 Å². The van der Waals surface area contributed by atoms with E-state index in [1.165, 1.54) is 11.1 Å². The van der Waals surface area contributed by atoms with Gasteiger partial charge in [0.05, 0.1) is 7.11 Å². The molecule has 0 radical (unpaired) electrons. The number of anilines is 1. The zero-order chi connectivity index (χ0) is 13.0. The molecule has 0 saturated carbocycles. The minimum atomic E-state index is 0.276. The van der Waals surface area contributed by atoms with E-state index in [1.54, 1.807) is 7.11 Å². The molecule has 0 aliphatic carbocycles. The third-order valence-electron chi connectivity index (χ3n) is 3.03. The van der Waals surface area contributed by atoms with Gasteiger partial charge in [-0.05, 0) is 31.5 Å². The van der Waals surface area contributed by atoms with Crippen LogP contribution in [-0.4, -0.2) is 7.11 Å². The smallest absolute Gasteiger partial charge is 0.120 e. The molecule has 2 rings (SSSR count). The molecular weight excluding hydrogens is 222 g/mol. The summed E-state index contributed by atoms with van der Waals surface area (Å²) in [4.78, 5) is 0. The summed E-state index contributed by atoms with van der Waals surface area (Å²) in [5, 5.41) is 3.47. The maximum Gasteiger partial charge on any atom is 0.120 e. The summed E-state index contributed by atoms with van der Waals surface area (Å²) in [7, 11) is 1.68. The maximum atomic E-state index is 5.22. The van der Waals surface area contributed by atoms with Gasteiger partial charge in [-0.2, -0.15) is 0 Å². The van der Waals surface area contributed by atoms with Gasteiger partial charge in [0.1, 0.15) is 5.75 Å².